The lowest BCUT2D eigenvalue weighted by Gasteiger charge is -2.29. The standard InChI is InChI=1S/C22H23N/c1-2-6-17-9-12-20(13-10-17)22-15-18(16-23)11-14-21(22)19-7-4-3-5-8-19/h2-5,7-8,11,14-15,17,20H,1,6,9-10,12-13H2. The highest BCUT2D eigenvalue weighted by Crippen LogP contribution is 2.41. The zero-order chi connectivity index (χ0) is 16.1. The van der Waals surface area contributed by atoms with Gasteiger partial charge in [-0.25, -0.2) is 0 Å². The highest BCUT2D eigenvalue weighted by atomic mass is 14.3. The van der Waals surface area contributed by atoms with E-state index in [2.05, 4.69) is 55.1 Å². The second-order valence-corrected chi connectivity index (χ2v) is 6.52. The Kier molecular flexibility index (Phi) is 4.93. The normalized spacial score (nSPS) is 20.7. The molecular formula is C22H23N. The SMILES string of the molecule is C=CCC1CCC(c2cc(C#N)ccc2-c2ccccc2)CC1. The molecule has 0 aromatic heterocycles. The Hall–Kier alpha value is -2.33. The molecule has 3 rings (SSSR count). The first-order valence-corrected chi connectivity index (χ1v) is 8.52. The zero-order valence-corrected chi connectivity index (χ0v) is 13.5. The number of nitrogens with zero attached hydrogens (tertiary/aromatic N) is 1. The van der Waals surface area contributed by atoms with Crippen LogP contribution in [0.15, 0.2) is 61.2 Å². The van der Waals surface area contributed by atoms with Crippen molar-refractivity contribution in [2.24, 2.45) is 5.92 Å². The fourth-order valence-corrected chi connectivity index (χ4v) is 3.80. The number of allylic oxidation sites excluding steroid dienone is 1. The molecule has 1 heteroatoms. The van der Waals surface area contributed by atoms with Gasteiger partial charge < -0.3 is 0 Å². The van der Waals surface area contributed by atoms with Gasteiger partial charge in [0, 0.05) is 0 Å². The molecule has 2 aromatic rings. The number of nitriles is 1. The van der Waals surface area contributed by atoms with Crippen LogP contribution in [0.4, 0.5) is 0 Å². The van der Waals surface area contributed by atoms with Crippen LogP contribution in [0.3, 0.4) is 0 Å². The van der Waals surface area contributed by atoms with E-state index in [1.807, 2.05) is 12.1 Å². The van der Waals surface area contributed by atoms with Crippen LogP contribution in [-0.4, -0.2) is 0 Å². The van der Waals surface area contributed by atoms with E-state index in [0.29, 0.717) is 5.92 Å². The van der Waals surface area contributed by atoms with Crippen LogP contribution in [0.2, 0.25) is 0 Å². The van der Waals surface area contributed by atoms with Crippen molar-refractivity contribution >= 4 is 0 Å². The van der Waals surface area contributed by atoms with Crippen LogP contribution in [0, 0.1) is 17.2 Å². The lowest BCUT2D eigenvalue weighted by Crippen LogP contribution is -2.13. The summed E-state index contributed by atoms with van der Waals surface area (Å²) in [5.74, 6) is 1.36. The third kappa shape index (κ3) is 3.54. The van der Waals surface area contributed by atoms with E-state index in [-0.39, 0.29) is 0 Å². The lowest BCUT2D eigenvalue weighted by atomic mass is 9.75. The Bertz CT molecular complexity index is 700. The molecule has 116 valence electrons. The lowest BCUT2D eigenvalue weighted by molar-refractivity contribution is 0.329. The van der Waals surface area contributed by atoms with Crippen molar-refractivity contribution in [3.8, 4) is 17.2 Å². The van der Waals surface area contributed by atoms with Crippen molar-refractivity contribution in [3.63, 3.8) is 0 Å². The molecule has 1 fully saturated rings. The average molecular weight is 301 g/mol. The van der Waals surface area contributed by atoms with E-state index in [1.165, 1.54) is 42.4 Å². The molecular weight excluding hydrogens is 278 g/mol. The van der Waals surface area contributed by atoms with Crippen LogP contribution in [-0.2, 0) is 0 Å². The molecule has 0 saturated heterocycles. The first kappa shape index (κ1) is 15.6. The maximum absolute atomic E-state index is 9.27. The molecule has 2 aromatic carbocycles. The van der Waals surface area contributed by atoms with Gasteiger partial charge in [0.1, 0.15) is 0 Å². The largest absolute Gasteiger partial charge is 0.192 e. The molecule has 0 atom stereocenters. The third-order valence-electron chi connectivity index (χ3n) is 5.05. The molecule has 1 nitrogen and oxygen atoms in total. The van der Waals surface area contributed by atoms with E-state index < -0.39 is 0 Å². The van der Waals surface area contributed by atoms with Gasteiger partial charge in [-0.2, -0.15) is 5.26 Å². The second-order valence-electron chi connectivity index (χ2n) is 6.52. The van der Waals surface area contributed by atoms with Crippen LogP contribution in [0.5, 0.6) is 0 Å². The Morgan fingerprint density at radius 1 is 1.04 bits per heavy atom. The van der Waals surface area contributed by atoms with Gasteiger partial charge in [0.05, 0.1) is 11.6 Å². The summed E-state index contributed by atoms with van der Waals surface area (Å²) in [6.45, 7) is 3.87. The van der Waals surface area contributed by atoms with Crippen molar-refractivity contribution in [2.45, 2.75) is 38.0 Å². The fraction of sp³-hybridized carbons (Fsp3) is 0.318. The zero-order valence-electron chi connectivity index (χ0n) is 13.5. The van der Waals surface area contributed by atoms with Gasteiger partial charge in [-0.15, -0.1) is 6.58 Å². The quantitative estimate of drug-likeness (QED) is 0.628. The first-order chi connectivity index (χ1) is 11.3. The minimum absolute atomic E-state index is 0.569. The topological polar surface area (TPSA) is 23.8 Å². The number of benzene rings is 2. The van der Waals surface area contributed by atoms with Gasteiger partial charge in [0.15, 0.2) is 0 Å². The maximum atomic E-state index is 9.27. The van der Waals surface area contributed by atoms with Crippen LogP contribution < -0.4 is 0 Å². The van der Waals surface area contributed by atoms with E-state index in [9.17, 15) is 5.26 Å². The monoisotopic (exact) mass is 301 g/mol. The van der Waals surface area contributed by atoms with Gasteiger partial charge in [0.25, 0.3) is 0 Å². The van der Waals surface area contributed by atoms with Crippen LogP contribution >= 0.6 is 0 Å². The molecule has 0 spiro atoms. The molecule has 0 N–H and O–H groups in total. The highest BCUT2D eigenvalue weighted by molar-refractivity contribution is 5.69. The summed E-state index contributed by atoms with van der Waals surface area (Å²) in [5, 5.41) is 9.27. The summed E-state index contributed by atoms with van der Waals surface area (Å²) in [6, 6.07) is 19.0. The van der Waals surface area contributed by atoms with E-state index >= 15 is 0 Å². The number of hydrogen-bond donors (Lipinski definition) is 0. The molecule has 23 heavy (non-hydrogen) atoms. The van der Waals surface area contributed by atoms with Crippen LogP contribution in [0.25, 0.3) is 11.1 Å². The molecule has 0 heterocycles. The van der Waals surface area contributed by atoms with Crippen molar-refractivity contribution in [2.75, 3.05) is 0 Å². The molecule has 0 unspecified atom stereocenters. The van der Waals surface area contributed by atoms with Crippen molar-refractivity contribution in [1.82, 2.24) is 0 Å². The predicted octanol–water partition coefficient (Wildman–Crippen LogP) is 6.08. The first-order valence-electron chi connectivity index (χ1n) is 8.52. The molecule has 1 saturated carbocycles. The maximum Gasteiger partial charge on any atom is 0.0991 e. The van der Waals surface area contributed by atoms with Crippen LogP contribution in [0.1, 0.15) is 49.1 Å². The van der Waals surface area contributed by atoms with Gasteiger partial charge in [-0.3, -0.25) is 0 Å². The van der Waals surface area contributed by atoms with Gasteiger partial charge in [-0.1, -0.05) is 42.5 Å². The summed E-state index contributed by atoms with van der Waals surface area (Å²) in [6.07, 6.45) is 8.15. The highest BCUT2D eigenvalue weighted by Gasteiger charge is 2.24. The van der Waals surface area contributed by atoms with E-state index in [1.54, 1.807) is 0 Å². The molecule has 1 aliphatic rings. The Morgan fingerprint density at radius 2 is 1.78 bits per heavy atom. The minimum atomic E-state index is 0.569. The molecule has 0 radical (unpaired) electrons. The fourth-order valence-electron chi connectivity index (χ4n) is 3.80. The smallest absolute Gasteiger partial charge is 0.0991 e. The molecule has 1 aliphatic carbocycles. The summed E-state index contributed by atoms with van der Waals surface area (Å²) in [7, 11) is 0. The number of hydrogen-bond acceptors (Lipinski definition) is 1. The van der Waals surface area contributed by atoms with Gasteiger partial charge in [0.2, 0.25) is 0 Å². The van der Waals surface area contributed by atoms with Gasteiger partial charge >= 0.3 is 0 Å². The van der Waals surface area contributed by atoms with E-state index in [0.717, 1.165) is 17.9 Å². The Morgan fingerprint density at radius 3 is 2.43 bits per heavy atom. The van der Waals surface area contributed by atoms with Gasteiger partial charge in [-0.05, 0) is 72.8 Å². The molecule has 0 aliphatic heterocycles. The van der Waals surface area contributed by atoms with E-state index in [4.69, 9.17) is 0 Å². The number of rotatable bonds is 4. The second kappa shape index (κ2) is 7.29. The average Bonchev–Trinajstić information content (AvgIpc) is 2.63. The summed E-state index contributed by atoms with van der Waals surface area (Å²) in [5.41, 5.74) is 4.66. The summed E-state index contributed by atoms with van der Waals surface area (Å²) >= 11 is 0. The Labute approximate surface area is 139 Å². The Balaban J connectivity index is 1.91. The summed E-state index contributed by atoms with van der Waals surface area (Å²) in [4.78, 5) is 0. The third-order valence-corrected chi connectivity index (χ3v) is 5.05. The molecule has 0 amide bonds. The minimum Gasteiger partial charge on any atom is -0.192 e. The summed E-state index contributed by atoms with van der Waals surface area (Å²) < 4.78 is 0. The van der Waals surface area contributed by atoms with Crippen molar-refractivity contribution < 1.29 is 0 Å². The van der Waals surface area contributed by atoms with Crippen molar-refractivity contribution in [3.05, 3.63) is 72.3 Å². The van der Waals surface area contributed by atoms with Crippen molar-refractivity contribution in [1.29, 1.82) is 5.26 Å². The molecule has 0 bridgehead atoms. The predicted molar refractivity (Wildman–Crippen MR) is 96.1 cm³/mol.